The summed E-state index contributed by atoms with van der Waals surface area (Å²) in [5, 5.41) is 2.80. The third-order valence-corrected chi connectivity index (χ3v) is 2.86. The maximum absolute atomic E-state index is 11.4. The van der Waals surface area contributed by atoms with E-state index in [1.165, 1.54) is 6.08 Å². The molecule has 4 nitrogen and oxygen atoms in total. The number of imidazole rings is 1. The zero-order valence-corrected chi connectivity index (χ0v) is 10.8. The lowest BCUT2D eigenvalue weighted by atomic mass is 10.3. The summed E-state index contributed by atoms with van der Waals surface area (Å²) in [6.45, 7) is 5.73. The van der Waals surface area contributed by atoms with E-state index in [0.717, 1.165) is 16.9 Å². The van der Waals surface area contributed by atoms with Gasteiger partial charge in [-0.25, -0.2) is 4.98 Å². The number of benzene rings is 1. The second-order valence-electron chi connectivity index (χ2n) is 4.18. The maximum Gasteiger partial charge on any atom is 0.243 e. The van der Waals surface area contributed by atoms with Crippen LogP contribution in [-0.2, 0) is 11.3 Å². The molecule has 0 saturated carbocycles. The first-order chi connectivity index (χ1) is 9.17. The van der Waals surface area contributed by atoms with Crippen molar-refractivity contribution < 1.29 is 4.79 Å². The van der Waals surface area contributed by atoms with E-state index in [0.29, 0.717) is 6.54 Å². The number of rotatable bonds is 4. The van der Waals surface area contributed by atoms with Crippen LogP contribution in [-0.4, -0.2) is 15.5 Å². The molecule has 1 unspecified atom stereocenters. The van der Waals surface area contributed by atoms with Crippen LogP contribution in [0.5, 0.6) is 0 Å². The summed E-state index contributed by atoms with van der Waals surface area (Å²) in [5.41, 5.74) is 1.84. The summed E-state index contributed by atoms with van der Waals surface area (Å²) < 4.78 is 1.93. The fraction of sp³-hybridized carbons (Fsp3) is 0.200. The van der Waals surface area contributed by atoms with E-state index in [1.807, 2.05) is 35.8 Å². The summed E-state index contributed by atoms with van der Waals surface area (Å²) in [6.07, 6.45) is 6.65. The molecule has 1 heterocycles. The van der Waals surface area contributed by atoms with E-state index >= 15 is 0 Å². The van der Waals surface area contributed by atoms with Crippen molar-refractivity contribution in [2.75, 3.05) is 0 Å². The number of hydrogen-bond acceptors (Lipinski definition) is 2. The van der Waals surface area contributed by atoms with Crippen molar-refractivity contribution in [3.05, 3.63) is 42.7 Å². The Kier molecular flexibility index (Phi) is 3.67. The molecule has 0 radical (unpaired) electrons. The lowest BCUT2D eigenvalue weighted by molar-refractivity contribution is -0.117. The van der Waals surface area contributed by atoms with Gasteiger partial charge in [0.2, 0.25) is 5.91 Å². The SMILES string of the molecule is C#CCn1c(C(C)NC(=O)C=C)nc2ccccc21. The van der Waals surface area contributed by atoms with E-state index in [9.17, 15) is 4.79 Å². The second-order valence-corrected chi connectivity index (χ2v) is 4.18. The lowest BCUT2D eigenvalue weighted by Gasteiger charge is -2.13. The average molecular weight is 253 g/mol. The minimum absolute atomic E-state index is 0.230. The fourth-order valence-corrected chi connectivity index (χ4v) is 2.02. The molecule has 1 aromatic carbocycles. The van der Waals surface area contributed by atoms with E-state index in [2.05, 4.69) is 22.8 Å². The quantitative estimate of drug-likeness (QED) is 0.669. The Labute approximate surface area is 112 Å². The number of nitrogens with one attached hydrogen (secondary N) is 1. The van der Waals surface area contributed by atoms with Gasteiger partial charge in [0.05, 0.1) is 23.6 Å². The predicted octanol–water partition coefficient (Wildman–Crippen LogP) is 2.03. The van der Waals surface area contributed by atoms with E-state index in [-0.39, 0.29) is 11.9 Å². The molecule has 1 N–H and O–H groups in total. The topological polar surface area (TPSA) is 46.9 Å². The van der Waals surface area contributed by atoms with E-state index in [1.54, 1.807) is 0 Å². The van der Waals surface area contributed by atoms with Crippen molar-refractivity contribution in [3.63, 3.8) is 0 Å². The van der Waals surface area contributed by atoms with Gasteiger partial charge in [0, 0.05) is 0 Å². The number of hydrogen-bond donors (Lipinski definition) is 1. The Bertz CT molecular complexity index is 664. The molecule has 0 bridgehead atoms. The van der Waals surface area contributed by atoms with Crippen LogP contribution in [0.25, 0.3) is 11.0 Å². The molecule has 0 aliphatic carbocycles. The number of nitrogens with zero attached hydrogens (tertiary/aromatic N) is 2. The van der Waals surface area contributed by atoms with Crippen LogP contribution in [0.1, 0.15) is 18.8 Å². The zero-order chi connectivity index (χ0) is 13.8. The first-order valence-electron chi connectivity index (χ1n) is 5.99. The van der Waals surface area contributed by atoms with Gasteiger partial charge in [-0.15, -0.1) is 6.42 Å². The standard InChI is InChI=1S/C15H15N3O/c1-4-10-18-13-9-7-6-8-12(13)17-15(18)11(3)16-14(19)5-2/h1,5-9,11H,2,10H2,3H3,(H,16,19). The highest BCUT2D eigenvalue weighted by molar-refractivity contribution is 5.87. The maximum atomic E-state index is 11.4. The molecule has 0 spiro atoms. The monoisotopic (exact) mass is 253 g/mol. The Morgan fingerprint density at radius 2 is 2.37 bits per heavy atom. The number of amides is 1. The van der Waals surface area contributed by atoms with Crippen molar-refractivity contribution in [2.24, 2.45) is 0 Å². The molecule has 1 aromatic heterocycles. The molecule has 19 heavy (non-hydrogen) atoms. The van der Waals surface area contributed by atoms with Gasteiger partial charge in [0.1, 0.15) is 5.82 Å². The Morgan fingerprint density at radius 1 is 1.63 bits per heavy atom. The molecule has 1 amide bonds. The Morgan fingerprint density at radius 3 is 3.05 bits per heavy atom. The summed E-state index contributed by atoms with van der Waals surface area (Å²) in [6, 6.07) is 7.52. The van der Waals surface area contributed by atoms with Gasteiger partial charge in [-0.2, -0.15) is 0 Å². The van der Waals surface area contributed by atoms with Crippen molar-refractivity contribution in [3.8, 4) is 12.3 Å². The van der Waals surface area contributed by atoms with Gasteiger partial charge < -0.3 is 9.88 Å². The first kappa shape index (κ1) is 12.9. The Balaban J connectivity index is 2.47. The highest BCUT2D eigenvalue weighted by Gasteiger charge is 2.16. The lowest BCUT2D eigenvalue weighted by Crippen LogP contribution is -2.26. The molecule has 0 fully saturated rings. The smallest absolute Gasteiger partial charge is 0.243 e. The molecule has 1 atom stereocenters. The number of aromatic nitrogens is 2. The van der Waals surface area contributed by atoms with Crippen molar-refractivity contribution in [2.45, 2.75) is 19.5 Å². The fourth-order valence-electron chi connectivity index (χ4n) is 2.02. The highest BCUT2D eigenvalue weighted by atomic mass is 16.1. The molecule has 2 aromatic rings. The van der Waals surface area contributed by atoms with Crippen molar-refractivity contribution in [1.29, 1.82) is 0 Å². The molecule has 2 rings (SSSR count). The number of fused-ring (bicyclic) bond motifs is 1. The van der Waals surface area contributed by atoms with Crippen molar-refractivity contribution in [1.82, 2.24) is 14.9 Å². The molecule has 4 heteroatoms. The van der Waals surface area contributed by atoms with E-state index in [4.69, 9.17) is 6.42 Å². The van der Waals surface area contributed by atoms with Crippen LogP contribution >= 0.6 is 0 Å². The predicted molar refractivity (Wildman–Crippen MR) is 75.3 cm³/mol. The molecular weight excluding hydrogens is 238 g/mol. The number of carbonyl (C=O) groups excluding carboxylic acids is 1. The number of terminal acetylenes is 1. The van der Waals surface area contributed by atoms with Crippen LogP contribution in [0.2, 0.25) is 0 Å². The second kappa shape index (κ2) is 5.40. The Hall–Kier alpha value is -2.54. The van der Waals surface area contributed by atoms with Crippen LogP contribution in [0.4, 0.5) is 0 Å². The van der Waals surface area contributed by atoms with Crippen LogP contribution in [0.15, 0.2) is 36.9 Å². The third kappa shape index (κ3) is 2.50. The summed E-state index contributed by atoms with van der Waals surface area (Å²) >= 11 is 0. The number of carbonyl (C=O) groups is 1. The van der Waals surface area contributed by atoms with Crippen LogP contribution in [0.3, 0.4) is 0 Å². The normalized spacial score (nSPS) is 11.8. The van der Waals surface area contributed by atoms with Gasteiger partial charge in [0.15, 0.2) is 0 Å². The average Bonchev–Trinajstić information content (AvgIpc) is 2.78. The van der Waals surface area contributed by atoms with Gasteiger partial charge in [-0.3, -0.25) is 4.79 Å². The summed E-state index contributed by atoms with van der Waals surface area (Å²) in [5.74, 6) is 3.13. The summed E-state index contributed by atoms with van der Waals surface area (Å²) in [4.78, 5) is 15.9. The molecule has 0 saturated heterocycles. The first-order valence-corrected chi connectivity index (χ1v) is 5.99. The minimum Gasteiger partial charge on any atom is -0.343 e. The van der Waals surface area contributed by atoms with Crippen LogP contribution < -0.4 is 5.32 Å². The molecule has 96 valence electrons. The molecule has 0 aliphatic heterocycles. The summed E-state index contributed by atoms with van der Waals surface area (Å²) in [7, 11) is 0. The highest BCUT2D eigenvalue weighted by Crippen LogP contribution is 2.20. The molecule has 0 aliphatic rings. The van der Waals surface area contributed by atoms with Gasteiger partial charge >= 0.3 is 0 Å². The zero-order valence-electron chi connectivity index (χ0n) is 10.8. The largest absolute Gasteiger partial charge is 0.343 e. The van der Waals surface area contributed by atoms with Gasteiger partial charge in [-0.1, -0.05) is 24.6 Å². The van der Waals surface area contributed by atoms with Crippen molar-refractivity contribution >= 4 is 16.9 Å². The van der Waals surface area contributed by atoms with Gasteiger partial charge in [-0.05, 0) is 25.1 Å². The van der Waals surface area contributed by atoms with E-state index < -0.39 is 0 Å². The third-order valence-electron chi connectivity index (χ3n) is 2.86. The number of para-hydroxylation sites is 2. The van der Waals surface area contributed by atoms with Crippen LogP contribution in [0, 0.1) is 12.3 Å². The minimum atomic E-state index is -0.230. The molecular formula is C15H15N3O. The van der Waals surface area contributed by atoms with Gasteiger partial charge in [0.25, 0.3) is 0 Å².